The first kappa shape index (κ1) is 20.7. The molecule has 8 nitrogen and oxygen atoms in total. The Morgan fingerprint density at radius 3 is 2.42 bits per heavy atom. The predicted molar refractivity (Wildman–Crippen MR) is 87.3 cm³/mol. The minimum Gasteiger partial charge on any atom is -0.454 e. The predicted octanol–water partition coefficient (Wildman–Crippen LogP) is 0.310. The average molecular weight is 399 g/mol. The van der Waals surface area contributed by atoms with Gasteiger partial charge in [-0.15, -0.1) is 0 Å². The number of hydrogen-bond donors (Lipinski definition) is 3. The second kappa shape index (κ2) is 8.63. The fourth-order valence-electron chi connectivity index (χ4n) is 1.52. The van der Waals surface area contributed by atoms with Crippen molar-refractivity contribution in [2.45, 2.75) is 24.0 Å². The standard InChI is InChI=1S/C13H16Cl2N2O6S/c1-7(18)12(13(20)23-6-11(19)16-2)17-24(21,22)8-3-4-9(14)10(15)5-8/h3-5,7,12,17-18H,6H2,1-2H3,(H,16,19)/t7-,12+/m1/s1. The summed E-state index contributed by atoms with van der Waals surface area (Å²) in [6.45, 7) is 0.593. The van der Waals surface area contributed by atoms with Crippen LogP contribution in [0.5, 0.6) is 0 Å². The minimum atomic E-state index is -4.19. The van der Waals surface area contributed by atoms with E-state index in [1.807, 2.05) is 4.72 Å². The number of sulfonamides is 1. The van der Waals surface area contributed by atoms with E-state index in [4.69, 9.17) is 23.2 Å². The second-order valence-corrected chi connectivity index (χ2v) is 7.22. The van der Waals surface area contributed by atoms with Gasteiger partial charge < -0.3 is 15.2 Å². The van der Waals surface area contributed by atoms with E-state index in [0.717, 1.165) is 6.07 Å². The molecule has 11 heteroatoms. The van der Waals surface area contributed by atoms with Crippen LogP contribution in [0.15, 0.2) is 23.1 Å². The highest BCUT2D eigenvalue weighted by molar-refractivity contribution is 7.89. The summed E-state index contributed by atoms with van der Waals surface area (Å²) < 4.78 is 31.3. The van der Waals surface area contributed by atoms with Gasteiger partial charge in [0.15, 0.2) is 6.61 Å². The molecule has 0 aromatic heterocycles. The van der Waals surface area contributed by atoms with E-state index in [0.29, 0.717) is 0 Å². The van der Waals surface area contributed by atoms with Gasteiger partial charge in [-0.1, -0.05) is 23.2 Å². The van der Waals surface area contributed by atoms with Crippen LogP contribution in [0.2, 0.25) is 10.0 Å². The Kier molecular flexibility index (Phi) is 7.43. The van der Waals surface area contributed by atoms with Gasteiger partial charge in [-0.2, -0.15) is 4.72 Å². The lowest BCUT2D eigenvalue weighted by molar-refractivity contribution is -0.152. The molecule has 0 saturated carbocycles. The Morgan fingerprint density at radius 2 is 1.92 bits per heavy atom. The van der Waals surface area contributed by atoms with Crippen molar-refractivity contribution in [1.29, 1.82) is 0 Å². The van der Waals surface area contributed by atoms with Gasteiger partial charge in [-0.05, 0) is 25.1 Å². The van der Waals surface area contributed by atoms with Gasteiger partial charge in [0.2, 0.25) is 10.0 Å². The number of nitrogens with one attached hydrogen (secondary N) is 2. The monoisotopic (exact) mass is 398 g/mol. The maximum Gasteiger partial charge on any atom is 0.327 e. The van der Waals surface area contributed by atoms with E-state index in [1.165, 1.54) is 26.1 Å². The van der Waals surface area contributed by atoms with Crippen LogP contribution in [-0.2, 0) is 24.3 Å². The van der Waals surface area contributed by atoms with Crippen LogP contribution in [0, 0.1) is 0 Å². The van der Waals surface area contributed by atoms with Crippen LogP contribution in [0.4, 0.5) is 0 Å². The van der Waals surface area contributed by atoms with Crippen molar-refractivity contribution in [2.24, 2.45) is 0 Å². The van der Waals surface area contributed by atoms with Crippen LogP contribution in [0.1, 0.15) is 6.92 Å². The average Bonchev–Trinajstić information content (AvgIpc) is 2.52. The maximum absolute atomic E-state index is 12.3. The Labute approximate surface area is 149 Å². The number of aliphatic hydroxyl groups excluding tert-OH is 1. The Bertz CT molecular complexity index is 723. The first-order valence-electron chi connectivity index (χ1n) is 6.61. The summed E-state index contributed by atoms with van der Waals surface area (Å²) in [5, 5.41) is 12.0. The highest BCUT2D eigenvalue weighted by atomic mass is 35.5. The highest BCUT2D eigenvalue weighted by Crippen LogP contribution is 2.25. The van der Waals surface area contributed by atoms with E-state index in [-0.39, 0.29) is 14.9 Å². The third kappa shape index (κ3) is 5.60. The summed E-state index contributed by atoms with van der Waals surface area (Å²) in [5.74, 6) is -1.68. The van der Waals surface area contributed by atoms with E-state index in [2.05, 4.69) is 10.1 Å². The fourth-order valence-corrected chi connectivity index (χ4v) is 3.17. The van der Waals surface area contributed by atoms with Crippen molar-refractivity contribution >= 4 is 45.1 Å². The molecular formula is C13H16Cl2N2O6S. The van der Waals surface area contributed by atoms with Gasteiger partial charge in [0.25, 0.3) is 5.91 Å². The first-order chi connectivity index (χ1) is 11.1. The van der Waals surface area contributed by atoms with Crippen molar-refractivity contribution < 1.29 is 27.9 Å². The summed E-state index contributed by atoms with van der Waals surface area (Å²) >= 11 is 11.5. The van der Waals surface area contributed by atoms with Crippen LogP contribution >= 0.6 is 23.2 Å². The number of aliphatic hydroxyl groups is 1. The fraction of sp³-hybridized carbons (Fsp3) is 0.385. The molecule has 1 aromatic carbocycles. The van der Waals surface area contributed by atoms with Gasteiger partial charge in [0.05, 0.1) is 21.0 Å². The van der Waals surface area contributed by atoms with E-state index >= 15 is 0 Å². The molecule has 0 spiro atoms. The molecule has 3 N–H and O–H groups in total. The molecule has 0 aliphatic rings. The number of esters is 1. The van der Waals surface area contributed by atoms with E-state index < -0.39 is 40.7 Å². The second-order valence-electron chi connectivity index (χ2n) is 4.70. The molecule has 24 heavy (non-hydrogen) atoms. The molecule has 2 atom stereocenters. The normalized spacial score (nSPS) is 13.9. The van der Waals surface area contributed by atoms with E-state index in [9.17, 15) is 23.1 Å². The molecule has 0 aliphatic heterocycles. The molecule has 0 bridgehead atoms. The summed E-state index contributed by atoms with van der Waals surface area (Å²) in [7, 11) is -2.84. The number of halogens is 2. The Hall–Kier alpha value is -1.39. The number of amides is 1. The molecule has 0 saturated heterocycles. The number of benzene rings is 1. The van der Waals surface area contributed by atoms with Crippen molar-refractivity contribution in [1.82, 2.24) is 10.0 Å². The Balaban J connectivity index is 2.95. The van der Waals surface area contributed by atoms with E-state index in [1.54, 1.807) is 0 Å². The minimum absolute atomic E-state index is 0.00957. The van der Waals surface area contributed by atoms with Crippen molar-refractivity contribution in [3.05, 3.63) is 28.2 Å². The van der Waals surface area contributed by atoms with Crippen LogP contribution in [0.3, 0.4) is 0 Å². The molecule has 0 fully saturated rings. The molecular weight excluding hydrogens is 383 g/mol. The molecule has 134 valence electrons. The number of likely N-dealkylation sites (N-methyl/N-ethyl adjacent to an activating group) is 1. The quantitative estimate of drug-likeness (QED) is 0.568. The third-order valence-electron chi connectivity index (χ3n) is 2.84. The van der Waals surface area contributed by atoms with Crippen molar-refractivity contribution in [3.63, 3.8) is 0 Å². The maximum atomic E-state index is 12.3. The zero-order valence-corrected chi connectivity index (χ0v) is 15.1. The van der Waals surface area contributed by atoms with Crippen molar-refractivity contribution in [2.75, 3.05) is 13.7 Å². The summed E-state index contributed by atoms with van der Waals surface area (Å²) in [4.78, 5) is 22.7. The smallest absolute Gasteiger partial charge is 0.327 e. The van der Waals surface area contributed by atoms with Gasteiger partial charge in [-0.25, -0.2) is 8.42 Å². The lowest BCUT2D eigenvalue weighted by Crippen LogP contribution is -2.49. The molecule has 1 aromatic rings. The molecule has 1 rings (SSSR count). The number of ether oxygens (including phenoxy) is 1. The largest absolute Gasteiger partial charge is 0.454 e. The topological polar surface area (TPSA) is 122 Å². The van der Waals surface area contributed by atoms with Crippen LogP contribution in [-0.4, -0.2) is 51.2 Å². The summed E-state index contributed by atoms with van der Waals surface area (Å²) in [6, 6.07) is 1.96. The number of carbonyl (C=O) groups excluding carboxylic acids is 2. The van der Waals surface area contributed by atoms with Gasteiger partial charge in [0, 0.05) is 7.05 Å². The summed E-state index contributed by atoms with van der Waals surface area (Å²) in [6.07, 6.45) is -1.40. The molecule has 0 aliphatic carbocycles. The van der Waals surface area contributed by atoms with Crippen molar-refractivity contribution in [3.8, 4) is 0 Å². The van der Waals surface area contributed by atoms with Crippen LogP contribution in [0.25, 0.3) is 0 Å². The van der Waals surface area contributed by atoms with Gasteiger partial charge >= 0.3 is 5.97 Å². The zero-order chi connectivity index (χ0) is 18.5. The Morgan fingerprint density at radius 1 is 1.29 bits per heavy atom. The van der Waals surface area contributed by atoms with Crippen LogP contribution < -0.4 is 10.0 Å². The lowest BCUT2D eigenvalue weighted by atomic mass is 10.2. The van der Waals surface area contributed by atoms with Gasteiger partial charge in [0.1, 0.15) is 6.04 Å². The highest BCUT2D eigenvalue weighted by Gasteiger charge is 2.31. The molecule has 1 amide bonds. The van der Waals surface area contributed by atoms with Gasteiger partial charge in [-0.3, -0.25) is 9.59 Å². The first-order valence-corrected chi connectivity index (χ1v) is 8.85. The third-order valence-corrected chi connectivity index (χ3v) is 5.02. The number of hydrogen-bond acceptors (Lipinski definition) is 6. The summed E-state index contributed by atoms with van der Waals surface area (Å²) in [5.41, 5.74) is 0. The molecule has 0 radical (unpaired) electrons. The number of carbonyl (C=O) groups is 2. The lowest BCUT2D eigenvalue weighted by Gasteiger charge is -2.20. The zero-order valence-electron chi connectivity index (χ0n) is 12.7. The molecule has 0 heterocycles. The SMILES string of the molecule is CNC(=O)COC(=O)[C@@H](NS(=O)(=O)c1ccc(Cl)c(Cl)c1)[C@@H](C)O. The number of rotatable bonds is 7. The molecule has 0 unspecified atom stereocenters.